The van der Waals surface area contributed by atoms with Crippen molar-refractivity contribution >= 4 is 0 Å². The third-order valence-corrected chi connectivity index (χ3v) is 4.55. The van der Waals surface area contributed by atoms with Crippen LogP contribution in [0.25, 0.3) is 0 Å². The second-order valence-electron chi connectivity index (χ2n) is 6.05. The summed E-state index contributed by atoms with van der Waals surface area (Å²) in [6.45, 7) is 7.97. The van der Waals surface area contributed by atoms with E-state index in [1.807, 2.05) is 0 Å². The Morgan fingerprint density at radius 3 is 2.53 bits per heavy atom. The van der Waals surface area contributed by atoms with Gasteiger partial charge in [-0.1, -0.05) is 11.6 Å². The standard InChI is InChI=1S/C15H26O2/c1-14(2)15(3,17-12-11-16-14)10-9-13-7-5-4-6-8-13/h7H,4-6,8-12H2,1-3H3. The van der Waals surface area contributed by atoms with Gasteiger partial charge < -0.3 is 9.47 Å². The molecular weight excluding hydrogens is 212 g/mol. The monoisotopic (exact) mass is 238 g/mol. The van der Waals surface area contributed by atoms with Gasteiger partial charge in [0, 0.05) is 0 Å². The van der Waals surface area contributed by atoms with E-state index in [9.17, 15) is 0 Å². The second-order valence-corrected chi connectivity index (χ2v) is 6.05. The average molecular weight is 238 g/mol. The summed E-state index contributed by atoms with van der Waals surface area (Å²) in [5.74, 6) is 0. The lowest BCUT2D eigenvalue weighted by atomic mass is 9.80. The molecule has 2 nitrogen and oxygen atoms in total. The molecule has 17 heavy (non-hydrogen) atoms. The summed E-state index contributed by atoms with van der Waals surface area (Å²) in [6.07, 6.45) is 9.97. The average Bonchev–Trinajstić information content (AvgIpc) is 2.32. The first kappa shape index (κ1) is 13.1. The molecule has 2 rings (SSSR count). The van der Waals surface area contributed by atoms with Crippen LogP contribution in [-0.2, 0) is 9.47 Å². The molecule has 0 amide bonds. The fourth-order valence-corrected chi connectivity index (χ4v) is 2.79. The third-order valence-electron chi connectivity index (χ3n) is 4.55. The molecule has 1 atom stereocenters. The van der Waals surface area contributed by atoms with Crippen molar-refractivity contribution in [2.75, 3.05) is 13.2 Å². The van der Waals surface area contributed by atoms with Crippen LogP contribution in [0.3, 0.4) is 0 Å². The lowest BCUT2D eigenvalue weighted by Crippen LogP contribution is -2.55. The maximum atomic E-state index is 6.02. The molecule has 1 aliphatic carbocycles. The number of hydrogen-bond acceptors (Lipinski definition) is 2. The van der Waals surface area contributed by atoms with Crippen LogP contribution >= 0.6 is 0 Å². The van der Waals surface area contributed by atoms with Gasteiger partial charge in [0.05, 0.1) is 24.4 Å². The van der Waals surface area contributed by atoms with Gasteiger partial charge in [0.2, 0.25) is 0 Å². The van der Waals surface area contributed by atoms with E-state index in [1.165, 1.54) is 32.1 Å². The van der Waals surface area contributed by atoms with E-state index in [2.05, 4.69) is 26.8 Å². The van der Waals surface area contributed by atoms with Crippen LogP contribution in [0.5, 0.6) is 0 Å². The third kappa shape index (κ3) is 2.92. The first-order chi connectivity index (χ1) is 8.04. The fraction of sp³-hybridized carbons (Fsp3) is 0.867. The minimum atomic E-state index is -0.166. The van der Waals surface area contributed by atoms with E-state index in [0.717, 1.165) is 19.6 Å². The van der Waals surface area contributed by atoms with Crippen LogP contribution in [-0.4, -0.2) is 24.4 Å². The molecule has 1 aliphatic heterocycles. The maximum absolute atomic E-state index is 6.02. The van der Waals surface area contributed by atoms with Crippen molar-refractivity contribution in [3.8, 4) is 0 Å². The Morgan fingerprint density at radius 2 is 1.88 bits per heavy atom. The summed E-state index contributed by atoms with van der Waals surface area (Å²) < 4.78 is 11.9. The summed E-state index contributed by atoms with van der Waals surface area (Å²) in [7, 11) is 0. The molecule has 1 saturated heterocycles. The smallest absolute Gasteiger partial charge is 0.0941 e. The molecule has 1 heterocycles. The Balaban J connectivity index is 1.94. The molecular formula is C15H26O2. The van der Waals surface area contributed by atoms with E-state index < -0.39 is 0 Å². The minimum Gasteiger partial charge on any atom is -0.370 e. The van der Waals surface area contributed by atoms with Crippen LogP contribution in [0.2, 0.25) is 0 Å². The number of hydrogen-bond donors (Lipinski definition) is 0. The normalized spacial score (nSPS) is 33.2. The van der Waals surface area contributed by atoms with Crippen molar-refractivity contribution in [1.29, 1.82) is 0 Å². The highest BCUT2D eigenvalue weighted by atomic mass is 16.6. The SMILES string of the molecule is CC1(C)OCCOC1(C)CCC1=CCCCC1. The minimum absolute atomic E-state index is 0.135. The van der Waals surface area contributed by atoms with E-state index in [0.29, 0.717) is 0 Å². The largest absolute Gasteiger partial charge is 0.370 e. The molecule has 0 aromatic heterocycles. The Bertz CT molecular complexity index is 293. The van der Waals surface area contributed by atoms with E-state index in [1.54, 1.807) is 5.57 Å². The van der Waals surface area contributed by atoms with Crippen LogP contribution in [0, 0.1) is 0 Å². The highest BCUT2D eigenvalue weighted by Crippen LogP contribution is 2.38. The van der Waals surface area contributed by atoms with Gasteiger partial charge in [0.15, 0.2) is 0 Å². The highest BCUT2D eigenvalue weighted by molar-refractivity contribution is 5.07. The zero-order valence-electron chi connectivity index (χ0n) is 11.6. The molecule has 0 aromatic carbocycles. The summed E-state index contributed by atoms with van der Waals surface area (Å²) in [5, 5.41) is 0. The van der Waals surface area contributed by atoms with Crippen molar-refractivity contribution in [2.24, 2.45) is 0 Å². The lowest BCUT2D eigenvalue weighted by molar-refractivity contribution is -0.241. The molecule has 0 saturated carbocycles. The Morgan fingerprint density at radius 1 is 1.12 bits per heavy atom. The Hall–Kier alpha value is -0.340. The fourth-order valence-electron chi connectivity index (χ4n) is 2.79. The predicted octanol–water partition coefficient (Wildman–Crippen LogP) is 3.85. The van der Waals surface area contributed by atoms with Gasteiger partial charge in [-0.05, 0) is 59.3 Å². The molecule has 0 radical (unpaired) electrons. The van der Waals surface area contributed by atoms with Crippen molar-refractivity contribution in [3.05, 3.63) is 11.6 Å². The topological polar surface area (TPSA) is 18.5 Å². The summed E-state index contributed by atoms with van der Waals surface area (Å²) in [4.78, 5) is 0. The Labute approximate surface area is 105 Å². The second kappa shape index (κ2) is 5.11. The summed E-state index contributed by atoms with van der Waals surface area (Å²) >= 11 is 0. The van der Waals surface area contributed by atoms with Crippen LogP contribution in [0.1, 0.15) is 59.3 Å². The molecule has 0 spiro atoms. The Kier molecular flexibility index (Phi) is 3.94. The van der Waals surface area contributed by atoms with Crippen LogP contribution < -0.4 is 0 Å². The first-order valence-electron chi connectivity index (χ1n) is 6.99. The number of allylic oxidation sites excluding steroid dienone is 2. The highest BCUT2D eigenvalue weighted by Gasteiger charge is 2.45. The van der Waals surface area contributed by atoms with Crippen LogP contribution in [0.15, 0.2) is 11.6 Å². The summed E-state index contributed by atoms with van der Waals surface area (Å²) in [5.41, 5.74) is 1.33. The van der Waals surface area contributed by atoms with Gasteiger partial charge in [0.25, 0.3) is 0 Å². The molecule has 0 N–H and O–H groups in total. The van der Waals surface area contributed by atoms with Crippen molar-refractivity contribution in [2.45, 2.75) is 70.5 Å². The van der Waals surface area contributed by atoms with Crippen molar-refractivity contribution in [3.63, 3.8) is 0 Å². The van der Waals surface area contributed by atoms with Crippen molar-refractivity contribution in [1.82, 2.24) is 0 Å². The first-order valence-corrected chi connectivity index (χ1v) is 6.99. The molecule has 1 fully saturated rings. The number of rotatable bonds is 3. The molecule has 2 aliphatic rings. The van der Waals surface area contributed by atoms with Gasteiger partial charge >= 0.3 is 0 Å². The van der Waals surface area contributed by atoms with Gasteiger partial charge in [-0.3, -0.25) is 0 Å². The van der Waals surface area contributed by atoms with E-state index in [-0.39, 0.29) is 11.2 Å². The van der Waals surface area contributed by atoms with E-state index in [4.69, 9.17) is 9.47 Å². The molecule has 0 aromatic rings. The van der Waals surface area contributed by atoms with Gasteiger partial charge in [-0.2, -0.15) is 0 Å². The number of ether oxygens (including phenoxy) is 2. The maximum Gasteiger partial charge on any atom is 0.0941 e. The van der Waals surface area contributed by atoms with E-state index >= 15 is 0 Å². The molecule has 1 unspecified atom stereocenters. The molecule has 2 heteroatoms. The van der Waals surface area contributed by atoms with Gasteiger partial charge in [-0.25, -0.2) is 0 Å². The molecule has 0 bridgehead atoms. The van der Waals surface area contributed by atoms with Crippen molar-refractivity contribution < 1.29 is 9.47 Å². The van der Waals surface area contributed by atoms with Gasteiger partial charge in [-0.15, -0.1) is 0 Å². The quantitative estimate of drug-likeness (QED) is 0.695. The molecule has 98 valence electrons. The van der Waals surface area contributed by atoms with Gasteiger partial charge in [0.1, 0.15) is 0 Å². The van der Waals surface area contributed by atoms with Crippen LogP contribution in [0.4, 0.5) is 0 Å². The zero-order valence-corrected chi connectivity index (χ0v) is 11.6. The lowest BCUT2D eigenvalue weighted by Gasteiger charge is -2.47. The summed E-state index contributed by atoms with van der Waals surface area (Å²) in [6, 6.07) is 0. The zero-order chi connectivity index (χ0) is 12.4. The predicted molar refractivity (Wildman–Crippen MR) is 70.2 cm³/mol.